The van der Waals surface area contributed by atoms with Crippen LogP contribution in [0.2, 0.25) is 0 Å². The average Bonchev–Trinajstić information content (AvgIpc) is 2.48. The summed E-state index contributed by atoms with van der Waals surface area (Å²) in [5, 5.41) is 5.64. The Labute approximate surface area is 138 Å². The molecule has 1 aromatic heterocycles. The summed E-state index contributed by atoms with van der Waals surface area (Å²) >= 11 is 0. The van der Waals surface area contributed by atoms with Gasteiger partial charge in [0.15, 0.2) is 5.69 Å². The van der Waals surface area contributed by atoms with Gasteiger partial charge in [0.25, 0.3) is 0 Å². The predicted octanol–water partition coefficient (Wildman–Crippen LogP) is 4.46. The van der Waals surface area contributed by atoms with E-state index < -0.39 is 11.9 Å². The second kappa shape index (κ2) is 7.37. The zero-order valence-corrected chi connectivity index (χ0v) is 13.6. The van der Waals surface area contributed by atoms with Crippen LogP contribution in [0.25, 0.3) is 0 Å². The summed E-state index contributed by atoms with van der Waals surface area (Å²) in [6, 6.07) is 7.65. The summed E-state index contributed by atoms with van der Waals surface area (Å²) < 4.78 is 44.3. The average molecular weight is 340 g/mol. The van der Waals surface area contributed by atoms with Gasteiger partial charge >= 0.3 is 6.18 Å². The molecule has 2 N–H and O–H groups in total. The first kappa shape index (κ1) is 17.8. The van der Waals surface area contributed by atoms with Gasteiger partial charge in [0, 0.05) is 17.8 Å². The number of hydrogen-bond donors (Lipinski definition) is 2. The lowest BCUT2D eigenvalue weighted by atomic mass is 10.3. The highest BCUT2D eigenvalue weighted by Crippen LogP contribution is 2.30. The lowest BCUT2D eigenvalue weighted by molar-refractivity contribution is -0.141. The third kappa shape index (κ3) is 5.00. The van der Waals surface area contributed by atoms with Crippen molar-refractivity contribution in [2.75, 3.05) is 17.2 Å². The molecular formula is C16H19F3N4O. The molecule has 0 saturated heterocycles. The first-order valence-corrected chi connectivity index (χ1v) is 7.50. The van der Waals surface area contributed by atoms with E-state index in [0.29, 0.717) is 18.0 Å². The maximum absolute atomic E-state index is 13.0. The first-order valence-electron chi connectivity index (χ1n) is 7.50. The molecule has 0 unspecified atom stereocenters. The van der Waals surface area contributed by atoms with Crippen LogP contribution in [0.3, 0.4) is 0 Å². The van der Waals surface area contributed by atoms with Crippen LogP contribution in [0, 0.1) is 0 Å². The zero-order valence-electron chi connectivity index (χ0n) is 13.6. The molecule has 0 aliphatic carbocycles. The van der Waals surface area contributed by atoms with Gasteiger partial charge in [-0.25, -0.2) is 4.98 Å². The molecule has 0 aliphatic heterocycles. The number of nitrogens with one attached hydrogen (secondary N) is 2. The Kier molecular flexibility index (Phi) is 5.48. The van der Waals surface area contributed by atoms with Gasteiger partial charge < -0.3 is 15.4 Å². The number of hydrogen-bond acceptors (Lipinski definition) is 5. The van der Waals surface area contributed by atoms with Crippen LogP contribution in [-0.2, 0) is 6.18 Å². The Balaban J connectivity index is 2.27. The number of alkyl halides is 3. The third-order valence-corrected chi connectivity index (χ3v) is 2.87. The van der Waals surface area contributed by atoms with Crippen molar-refractivity contribution in [2.24, 2.45) is 0 Å². The highest BCUT2D eigenvalue weighted by molar-refractivity contribution is 5.58. The Bertz CT molecular complexity index is 672. The monoisotopic (exact) mass is 340 g/mol. The summed E-state index contributed by atoms with van der Waals surface area (Å²) in [4.78, 5) is 7.59. The van der Waals surface area contributed by atoms with Gasteiger partial charge in [-0.1, -0.05) is 0 Å². The minimum Gasteiger partial charge on any atom is -0.494 e. The van der Waals surface area contributed by atoms with Crippen LogP contribution >= 0.6 is 0 Å². The molecule has 5 nitrogen and oxygen atoms in total. The van der Waals surface area contributed by atoms with Crippen molar-refractivity contribution in [3.63, 3.8) is 0 Å². The Hall–Kier alpha value is -2.51. The highest BCUT2D eigenvalue weighted by Gasteiger charge is 2.33. The molecule has 1 heterocycles. The summed E-state index contributed by atoms with van der Waals surface area (Å²) in [5.41, 5.74) is -0.408. The summed E-state index contributed by atoms with van der Waals surface area (Å²) in [6.07, 6.45) is -4.55. The topological polar surface area (TPSA) is 59.1 Å². The molecular weight excluding hydrogens is 321 g/mol. The standard InChI is InChI=1S/C16H19F3N4O/c1-4-24-12-7-5-11(6-8-12)21-14-9-13(16(17,18)19)22-15(23-14)20-10(2)3/h5-10H,4H2,1-3H3,(H2,20,21,22,23). The van der Waals surface area contributed by atoms with Crippen LogP contribution in [0.1, 0.15) is 26.5 Å². The van der Waals surface area contributed by atoms with Crippen molar-refractivity contribution in [2.45, 2.75) is 33.0 Å². The van der Waals surface area contributed by atoms with Crippen molar-refractivity contribution in [1.82, 2.24) is 9.97 Å². The number of aromatic nitrogens is 2. The Morgan fingerprint density at radius 2 is 1.79 bits per heavy atom. The molecule has 2 aromatic rings. The van der Waals surface area contributed by atoms with E-state index >= 15 is 0 Å². The van der Waals surface area contributed by atoms with Gasteiger partial charge in [0.2, 0.25) is 5.95 Å². The SMILES string of the molecule is CCOc1ccc(Nc2cc(C(F)(F)F)nc(NC(C)C)n2)cc1. The number of halogens is 3. The predicted molar refractivity (Wildman–Crippen MR) is 86.7 cm³/mol. The molecule has 0 saturated carbocycles. The number of ether oxygens (including phenoxy) is 1. The molecule has 0 fully saturated rings. The van der Waals surface area contributed by atoms with Crippen LogP contribution < -0.4 is 15.4 Å². The van der Waals surface area contributed by atoms with E-state index in [1.54, 1.807) is 38.1 Å². The fourth-order valence-electron chi connectivity index (χ4n) is 1.93. The normalized spacial score (nSPS) is 11.5. The summed E-state index contributed by atoms with van der Waals surface area (Å²) in [5.74, 6) is 0.668. The van der Waals surface area contributed by atoms with Crippen LogP contribution in [0.4, 0.5) is 30.6 Å². The van der Waals surface area contributed by atoms with E-state index in [1.807, 2.05) is 6.92 Å². The fourth-order valence-corrected chi connectivity index (χ4v) is 1.93. The second-order valence-corrected chi connectivity index (χ2v) is 5.34. The van der Waals surface area contributed by atoms with Crippen LogP contribution in [0.5, 0.6) is 5.75 Å². The van der Waals surface area contributed by atoms with E-state index in [1.165, 1.54) is 0 Å². The molecule has 24 heavy (non-hydrogen) atoms. The van der Waals surface area contributed by atoms with Gasteiger partial charge in [-0.05, 0) is 45.0 Å². The third-order valence-electron chi connectivity index (χ3n) is 2.87. The summed E-state index contributed by atoms with van der Waals surface area (Å²) in [6.45, 7) is 6.00. The second-order valence-electron chi connectivity index (χ2n) is 5.34. The summed E-state index contributed by atoms with van der Waals surface area (Å²) in [7, 11) is 0. The van der Waals surface area contributed by atoms with Crippen molar-refractivity contribution in [3.05, 3.63) is 36.0 Å². The number of nitrogens with zero attached hydrogens (tertiary/aromatic N) is 2. The minimum atomic E-state index is -4.55. The molecule has 0 radical (unpaired) electrons. The van der Waals surface area contributed by atoms with E-state index in [2.05, 4.69) is 20.6 Å². The zero-order chi connectivity index (χ0) is 17.7. The first-order chi connectivity index (χ1) is 11.3. The maximum atomic E-state index is 13.0. The highest BCUT2D eigenvalue weighted by atomic mass is 19.4. The van der Waals surface area contributed by atoms with Crippen molar-refractivity contribution in [3.8, 4) is 5.75 Å². The lowest BCUT2D eigenvalue weighted by Crippen LogP contribution is -2.17. The lowest BCUT2D eigenvalue weighted by Gasteiger charge is -2.14. The molecule has 0 spiro atoms. The fraction of sp³-hybridized carbons (Fsp3) is 0.375. The van der Waals surface area contributed by atoms with Crippen LogP contribution in [-0.4, -0.2) is 22.6 Å². The van der Waals surface area contributed by atoms with Gasteiger partial charge in [-0.3, -0.25) is 0 Å². The molecule has 1 aromatic carbocycles. The molecule has 0 atom stereocenters. The Morgan fingerprint density at radius 3 is 2.33 bits per heavy atom. The maximum Gasteiger partial charge on any atom is 0.433 e. The van der Waals surface area contributed by atoms with Gasteiger partial charge in [-0.2, -0.15) is 18.2 Å². The Morgan fingerprint density at radius 1 is 1.12 bits per heavy atom. The van der Waals surface area contributed by atoms with Gasteiger partial charge in [0.05, 0.1) is 6.61 Å². The minimum absolute atomic E-state index is 0.0598. The van der Waals surface area contributed by atoms with Gasteiger partial charge in [-0.15, -0.1) is 0 Å². The van der Waals surface area contributed by atoms with Crippen molar-refractivity contribution >= 4 is 17.5 Å². The van der Waals surface area contributed by atoms with Crippen molar-refractivity contribution in [1.29, 1.82) is 0 Å². The molecule has 8 heteroatoms. The molecule has 130 valence electrons. The molecule has 0 amide bonds. The van der Waals surface area contributed by atoms with Crippen LogP contribution in [0.15, 0.2) is 30.3 Å². The van der Waals surface area contributed by atoms with E-state index in [4.69, 9.17) is 4.74 Å². The largest absolute Gasteiger partial charge is 0.494 e. The van der Waals surface area contributed by atoms with Crippen molar-refractivity contribution < 1.29 is 17.9 Å². The van der Waals surface area contributed by atoms with E-state index in [9.17, 15) is 13.2 Å². The van der Waals surface area contributed by atoms with Gasteiger partial charge in [0.1, 0.15) is 11.6 Å². The number of rotatable bonds is 6. The smallest absolute Gasteiger partial charge is 0.433 e. The van der Waals surface area contributed by atoms with E-state index in [-0.39, 0.29) is 17.8 Å². The van der Waals surface area contributed by atoms with E-state index in [0.717, 1.165) is 6.07 Å². The molecule has 2 rings (SSSR count). The number of benzene rings is 1. The molecule has 0 bridgehead atoms. The quantitative estimate of drug-likeness (QED) is 0.813. The number of anilines is 3. The molecule has 0 aliphatic rings.